The normalized spacial score (nSPS) is 10.6. The number of hydrogen-bond acceptors (Lipinski definition) is 6. The van der Waals surface area contributed by atoms with Crippen LogP contribution in [0.1, 0.15) is 5.69 Å². The number of aromatic nitrogens is 4. The summed E-state index contributed by atoms with van der Waals surface area (Å²) in [7, 11) is 1.50. The predicted molar refractivity (Wildman–Crippen MR) is 77.1 cm³/mol. The lowest BCUT2D eigenvalue weighted by atomic mass is 10.1. The van der Waals surface area contributed by atoms with Gasteiger partial charge in [-0.2, -0.15) is 4.98 Å². The molecule has 0 fully saturated rings. The molecule has 3 heterocycles. The van der Waals surface area contributed by atoms with Crippen molar-refractivity contribution in [2.45, 2.75) is 6.92 Å². The van der Waals surface area contributed by atoms with Crippen LogP contribution >= 0.6 is 11.6 Å². The van der Waals surface area contributed by atoms with Gasteiger partial charge in [0.05, 0.1) is 24.1 Å². The first-order valence-corrected chi connectivity index (χ1v) is 6.53. The maximum Gasteiger partial charge on any atom is 0.316 e. The average molecular weight is 303 g/mol. The fourth-order valence-electron chi connectivity index (χ4n) is 1.87. The lowest BCUT2D eigenvalue weighted by Crippen LogP contribution is -1.97. The van der Waals surface area contributed by atoms with Crippen molar-refractivity contribution in [2.24, 2.45) is 0 Å². The minimum absolute atomic E-state index is 0.242. The third-order valence-corrected chi connectivity index (χ3v) is 3.01. The summed E-state index contributed by atoms with van der Waals surface area (Å²) in [5.74, 6) is 0.562. The number of aryl methyl sites for hydroxylation is 1. The first kappa shape index (κ1) is 13.5. The molecule has 21 heavy (non-hydrogen) atoms. The van der Waals surface area contributed by atoms with Gasteiger partial charge in [-0.15, -0.1) is 0 Å². The Balaban J connectivity index is 2.20. The number of ether oxygens (including phenoxy) is 1. The van der Waals surface area contributed by atoms with E-state index in [0.717, 1.165) is 5.69 Å². The van der Waals surface area contributed by atoms with Gasteiger partial charge in [-0.25, -0.2) is 9.97 Å². The molecule has 0 aromatic carbocycles. The zero-order valence-corrected chi connectivity index (χ0v) is 12.1. The van der Waals surface area contributed by atoms with E-state index in [2.05, 4.69) is 20.1 Å². The molecule has 0 unspecified atom stereocenters. The van der Waals surface area contributed by atoms with Crippen LogP contribution in [0.3, 0.4) is 0 Å². The number of methoxy groups -OCH3 is 1. The fourth-order valence-corrected chi connectivity index (χ4v) is 2.03. The molecular formula is C14H11ClN4O2. The van der Waals surface area contributed by atoms with Crippen molar-refractivity contribution in [3.63, 3.8) is 0 Å². The summed E-state index contributed by atoms with van der Waals surface area (Å²) in [6, 6.07) is 7.35. The quantitative estimate of drug-likeness (QED) is 0.692. The second kappa shape index (κ2) is 5.49. The summed E-state index contributed by atoms with van der Waals surface area (Å²) in [5.41, 5.74) is 2.62. The second-order valence-corrected chi connectivity index (χ2v) is 4.68. The minimum atomic E-state index is 0.242. The third-order valence-electron chi connectivity index (χ3n) is 2.80. The van der Waals surface area contributed by atoms with Gasteiger partial charge in [0, 0.05) is 12.3 Å². The SMILES string of the molecule is COc1ncc(-c2cc(C)no2)c(-c2cccc(Cl)n2)n1. The molecular weight excluding hydrogens is 292 g/mol. The Kier molecular flexibility index (Phi) is 3.53. The zero-order chi connectivity index (χ0) is 14.8. The molecule has 0 saturated heterocycles. The van der Waals surface area contributed by atoms with E-state index in [0.29, 0.717) is 27.9 Å². The topological polar surface area (TPSA) is 73.9 Å². The maximum atomic E-state index is 5.95. The Morgan fingerprint density at radius 3 is 2.76 bits per heavy atom. The largest absolute Gasteiger partial charge is 0.467 e. The smallest absolute Gasteiger partial charge is 0.316 e. The molecule has 0 aliphatic rings. The number of pyridine rings is 1. The third kappa shape index (κ3) is 2.71. The van der Waals surface area contributed by atoms with Gasteiger partial charge in [0.1, 0.15) is 10.8 Å². The Morgan fingerprint density at radius 2 is 2.10 bits per heavy atom. The van der Waals surface area contributed by atoms with E-state index in [9.17, 15) is 0 Å². The fraction of sp³-hybridized carbons (Fsp3) is 0.143. The van der Waals surface area contributed by atoms with Gasteiger partial charge in [0.15, 0.2) is 5.76 Å². The molecule has 0 spiro atoms. The van der Waals surface area contributed by atoms with Crippen LogP contribution in [0.2, 0.25) is 5.15 Å². The van der Waals surface area contributed by atoms with Gasteiger partial charge < -0.3 is 9.26 Å². The molecule has 0 N–H and O–H groups in total. The lowest BCUT2D eigenvalue weighted by molar-refractivity contribution is 0.380. The van der Waals surface area contributed by atoms with Crippen molar-refractivity contribution in [3.8, 4) is 28.7 Å². The zero-order valence-electron chi connectivity index (χ0n) is 11.4. The molecule has 3 aromatic heterocycles. The molecule has 6 nitrogen and oxygen atoms in total. The monoisotopic (exact) mass is 302 g/mol. The van der Waals surface area contributed by atoms with Crippen molar-refractivity contribution < 1.29 is 9.26 Å². The summed E-state index contributed by atoms with van der Waals surface area (Å²) in [5, 5.41) is 4.26. The van der Waals surface area contributed by atoms with Gasteiger partial charge >= 0.3 is 6.01 Å². The Hall–Kier alpha value is -2.47. The standard InChI is InChI=1S/C14H11ClN4O2/c1-8-6-11(21-19-8)9-7-16-14(20-2)18-13(9)10-4-3-5-12(15)17-10/h3-7H,1-2H3. The summed E-state index contributed by atoms with van der Waals surface area (Å²) < 4.78 is 10.4. The van der Waals surface area contributed by atoms with Crippen LogP contribution < -0.4 is 4.74 Å². The summed E-state index contributed by atoms with van der Waals surface area (Å²) in [6.45, 7) is 1.84. The van der Waals surface area contributed by atoms with E-state index in [1.165, 1.54) is 7.11 Å². The Morgan fingerprint density at radius 1 is 1.24 bits per heavy atom. The molecule has 7 heteroatoms. The lowest BCUT2D eigenvalue weighted by Gasteiger charge is -2.07. The van der Waals surface area contributed by atoms with Gasteiger partial charge in [0.25, 0.3) is 0 Å². The highest BCUT2D eigenvalue weighted by molar-refractivity contribution is 6.29. The van der Waals surface area contributed by atoms with E-state index >= 15 is 0 Å². The first-order valence-electron chi connectivity index (χ1n) is 6.15. The van der Waals surface area contributed by atoms with E-state index in [4.69, 9.17) is 20.9 Å². The molecule has 0 saturated carbocycles. The molecule has 3 rings (SSSR count). The van der Waals surface area contributed by atoms with Crippen molar-refractivity contribution in [1.29, 1.82) is 0 Å². The molecule has 0 amide bonds. The van der Waals surface area contributed by atoms with Crippen molar-refractivity contribution >= 4 is 11.6 Å². The van der Waals surface area contributed by atoms with Gasteiger partial charge in [-0.3, -0.25) is 0 Å². The van der Waals surface area contributed by atoms with Crippen LogP contribution in [0.5, 0.6) is 6.01 Å². The van der Waals surface area contributed by atoms with E-state index in [1.807, 2.05) is 6.92 Å². The van der Waals surface area contributed by atoms with E-state index in [-0.39, 0.29) is 6.01 Å². The summed E-state index contributed by atoms with van der Waals surface area (Å²) in [6.07, 6.45) is 1.61. The molecule has 0 bridgehead atoms. The molecule has 0 aliphatic heterocycles. The second-order valence-electron chi connectivity index (χ2n) is 4.30. The average Bonchev–Trinajstić information content (AvgIpc) is 2.93. The van der Waals surface area contributed by atoms with Crippen molar-refractivity contribution in [3.05, 3.63) is 41.3 Å². The van der Waals surface area contributed by atoms with E-state index < -0.39 is 0 Å². The predicted octanol–water partition coefficient (Wildman–Crippen LogP) is 3.16. The number of nitrogens with zero attached hydrogens (tertiary/aromatic N) is 4. The minimum Gasteiger partial charge on any atom is -0.467 e. The molecule has 0 aliphatic carbocycles. The molecule has 106 valence electrons. The van der Waals surface area contributed by atoms with Gasteiger partial charge in [0.2, 0.25) is 0 Å². The molecule has 3 aromatic rings. The Bertz CT molecular complexity index is 788. The number of rotatable bonds is 3. The Labute approximate surface area is 125 Å². The summed E-state index contributed by atoms with van der Waals surface area (Å²) in [4.78, 5) is 12.7. The van der Waals surface area contributed by atoms with Crippen LogP contribution in [0.15, 0.2) is 35.0 Å². The van der Waals surface area contributed by atoms with Crippen LogP contribution in [0, 0.1) is 6.92 Å². The van der Waals surface area contributed by atoms with Gasteiger partial charge in [-0.1, -0.05) is 22.8 Å². The highest BCUT2D eigenvalue weighted by Gasteiger charge is 2.16. The van der Waals surface area contributed by atoms with Crippen LogP contribution in [-0.4, -0.2) is 27.2 Å². The maximum absolute atomic E-state index is 5.95. The van der Waals surface area contributed by atoms with E-state index in [1.54, 1.807) is 30.5 Å². The van der Waals surface area contributed by atoms with Gasteiger partial charge in [-0.05, 0) is 19.1 Å². The van der Waals surface area contributed by atoms with Crippen molar-refractivity contribution in [1.82, 2.24) is 20.1 Å². The van der Waals surface area contributed by atoms with Crippen LogP contribution in [-0.2, 0) is 0 Å². The first-order chi connectivity index (χ1) is 10.2. The van der Waals surface area contributed by atoms with Crippen LogP contribution in [0.4, 0.5) is 0 Å². The number of hydrogen-bond donors (Lipinski definition) is 0. The summed E-state index contributed by atoms with van der Waals surface area (Å²) >= 11 is 5.95. The van der Waals surface area contributed by atoms with Crippen LogP contribution in [0.25, 0.3) is 22.7 Å². The number of halogens is 1. The van der Waals surface area contributed by atoms with Crippen molar-refractivity contribution in [2.75, 3.05) is 7.11 Å². The highest BCUT2D eigenvalue weighted by Crippen LogP contribution is 2.31. The molecule has 0 radical (unpaired) electrons. The molecule has 0 atom stereocenters. The highest BCUT2D eigenvalue weighted by atomic mass is 35.5.